The minimum atomic E-state index is -4.02. The van der Waals surface area contributed by atoms with E-state index < -0.39 is 28.3 Å². The van der Waals surface area contributed by atoms with Crippen molar-refractivity contribution in [2.75, 3.05) is 16.2 Å². The second-order valence-corrected chi connectivity index (χ2v) is 8.58. The molecule has 0 aliphatic carbocycles. The zero-order valence-corrected chi connectivity index (χ0v) is 17.0. The van der Waals surface area contributed by atoms with Gasteiger partial charge in [0.15, 0.2) is 0 Å². The van der Waals surface area contributed by atoms with Crippen molar-refractivity contribution < 1.29 is 17.6 Å². The van der Waals surface area contributed by atoms with Gasteiger partial charge in [-0.15, -0.1) is 0 Å². The number of aryl methyl sites for hydroxylation is 1. The van der Waals surface area contributed by atoms with E-state index in [0.717, 1.165) is 9.87 Å². The van der Waals surface area contributed by atoms with Gasteiger partial charge >= 0.3 is 0 Å². The van der Waals surface area contributed by atoms with Gasteiger partial charge in [0.1, 0.15) is 12.4 Å². The number of nitrogens with one attached hydrogen (secondary N) is 1. The van der Waals surface area contributed by atoms with E-state index in [1.54, 1.807) is 37.3 Å². The largest absolute Gasteiger partial charge is 0.325 e. The predicted molar refractivity (Wildman–Crippen MR) is 112 cm³/mol. The van der Waals surface area contributed by atoms with Crippen LogP contribution in [0.25, 0.3) is 0 Å². The number of nitrogens with zero attached hydrogens (tertiary/aromatic N) is 1. The molecule has 0 aromatic heterocycles. The van der Waals surface area contributed by atoms with Crippen LogP contribution in [0.2, 0.25) is 5.02 Å². The van der Waals surface area contributed by atoms with Gasteiger partial charge in [-0.05, 0) is 61.0 Å². The Morgan fingerprint density at radius 3 is 2.31 bits per heavy atom. The second kappa shape index (κ2) is 8.63. The van der Waals surface area contributed by atoms with Crippen molar-refractivity contribution in [3.05, 3.63) is 89.2 Å². The molecule has 5 nitrogen and oxygen atoms in total. The molecule has 1 amide bonds. The number of carbonyl (C=O) groups excluding carboxylic acids is 1. The fourth-order valence-electron chi connectivity index (χ4n) is 2.64. The van der Waals surface area contributed by atoms with Crippen LogP contribution in [-0.2, 0) is 14.8 Å². The van der Waals surface area contributed by atoms with Crippen LogP contribution < -0.4 is 9.62 Å². The third kappa shape index (κ3) is 4.93. The van der Waals surface area contributed by atoms with Gasteiger partial charge in [-0.2, -0.15) is 0 Å². The zero-order chi connectivity index (χ0) is 21.0. The number of halogens is 2. The lowest BCUT2D eigenvalue weighted by Crippen LogP contribution is -2.38. The number of sulfonamides is 1. The van der Waals surface area contributed by atoms with Gasteiger partial charge in [-0.1, -0.05) is 35.9 Å². The molecule has 0 fully saturated rings. The van der Waals surface area contributed by atoms with Gasteiger partial charge in [0.25, 0.3) is 10.0 Å². The lowest BCUT2D eigenvalue weighted by Gasteiger charge is -2.24. The van der Waals surface area contributed by atoms with E-state index in [1.807, 2.05) is 0 Å². The van der Waals surface area contributed by atoms with Crippen molar-refractivity contribution in [3.63, 3.8) is 0 Å². The zero-order valence-electron chi connectivity index (χ0n) is 15.5. The maximum Gasteiger partial charge on any atom is 0.264 e. The minimum absolute atomic E-state index is 0.0475. The van der Waals surface area contributed by atoms with E-state index in [4.69, 9.17) is 11.6 Å². The first-order chi connectivity index (χ1) is 13.8. The summed E-state index contributed by atoms with van der Waals surface area (Å²) in [5.74, 6) is -1.02. The predicted octanol–water partition coefficient (Wildman–Crippen LogP) is 4.62. The Morgan fingerprint density at radius 2 is 1.69 bits per heavy atom. The maximum absolute atomic E-state index is 13.2. The van der Waals surface area contributed by atoms with Crippen LogP contribution in [0.15, 0.2) is 77.7 Å². The first-order valence-electron chi connectivity index (χ1n) is 8.67. The highest BCUT2D eigenvalue weighted by Gasteiger charge is 2.27. The molecular formula is C21H18ClFN2O3S. The first-order valence-corrected chi connectivity index (χ1v) is 10.5. The highest BCUT2D eigenvalue weighted by molar-refractivity contribution is 7.92. The van der Waals surface area contributed by atoms with Crippen LogP contribution in [0, 0.1) is 12.7 Å². The standard InChI is InChI=1S/C21H18ClFN2O3S/c1-15-7-12-18(13-20(15)22)25(29(27,28)19-5-3-2-4-6-19)14-21(26)24-17-10-8-16(23)9-11-17/h2-13H,14H2,1H3,(H,24,26). The third-order valence-electron chi connectivity index (χ3n) is 4.19. The molecule has 0 atom stereocenters. The first kappa shape index (κ1) is 20.8. The number of anilines is 2. The molecule has 1 N–H and O–H groups in total. The molecule has 0 saturated heterocycles. The fraction of sp³-hybridized carbons (Fsp3) is 0.0952. The summed E-state index contributed by atoms with van der Waals surface area (Å²) in [5.41, 5.74) is 1.40. The molecule has 0 aliphatic heterocycles. The van der Waals surface area contributed by atoms with Crippen LogP contribution in [0.1, 0.15) is 5.56 Å². The Morgan fingerprint density at radius 1 is 1.03 bits per heavy atom. The smallest absolute Gasteiger partial charge is 0.264 e. The fourth-order valence-corrected chi connectivity index (χ4v) is 4.24. The van der Waals surface area contributed by atoms with Crippen molar-refractivity contribution >= 4 is 38.9 Å². The van der Waals surface area contributed by atoms with Crippen LogP contribution in [-0.4, -0.2) is 20.9 Å². The third-order valence-corrected chi connectivity index (χ3v) is 6.39. The topological polar surface area (TPSA) is 66.5 Å². The Balaban J connectivity index is 1.95. The number of amides is 1. The summed E-state index contributed by atoms with van der Waals surface area (Å²) in [6, 6.07) is 17.8. The summed E-state index contributed by atoms with van der Waals surface area (Å²) < 4.78 is 40.5. The highest BCUT2D eigenvalue weighted by Crippen LogP contribution is 2.28. The molecule has 0 radical (unpaired) electrons. The number of hydrogen-bond acceptors (Lipinski definition) is 3. The molecule has 3 rings (SSSR count). The van der Waals surface area contributed by atoms with Crippen molar-refractivity contribution in [2.45, 2.75) is 11.8 Å². The Kier molecular flexibility index (Phi) is 6.20. The minimum Gasteiger partial charge on any atom is -0.325 e. The van der Waals surface area contributed by atoms with Crippen molar-refractivity contribution in [1.82, 2.24) is 0 Å². The van der Waals surface area contributed by atoms with E-state index in [2.05, 4.69) is 5.32 Å². The van der Waals surface area contributed by atoms with Crippen LogP contribution in [0.3, 0.4) is 0 Å². The van der Waals surface area contributed by atoms with Gasteiger partial charge in [0.05, 0.1) is 10.6 Å². The number of carbonyl (C=O) groups is 1. The van der Waals surface area contributed by atoms with E-state index in [-0.39, 0.29) is 10.6 Å². The second-order valence-electron chi connectivity index (χ2n) is 6.31. The molecule has 3 aromatic rings. The van der Waals surface area contributed by atoms with Crippen molar-refractivity contribution in [1.29, 1.82) is 0 Å². The van der Waals surface area contributed by atoms with Gasteiger partial charge in [0.2, 0.25) is 5.91 Å². The van der Waals surface area contributed by atoms with Gasteiger partial charge < -0.3 is 5.32 Å². The molecule has 0 saturated carbocycles. The molecule has 0 spiro atoms. The molecule has 0 bridgehead atoms. The quantitative estimate of drug-likeness (QED) is 0.618. The average Bonchev–Trinajstić information content (AvgIpc) is 2.71. The van der Waals surface area contributed by atoms with E-state index in [9.17, 15) is 17.6 Å². The summed E-state index contributed by atoms with van der Waals surface area (Å²) in [4.78, 5) is 12.6. The lowest BCUT2D eigenvalue weighted by atomic mass is 10.2. The maximum atomic E-state index is 13.2. The number of rotatable bonds is 6. The highest BCUT2D eigenvalue weighted by atomic mass is 35.5. The van der Waals surface area contributed by atoms with Crippen molar-refractivity contribution in [3.8, 4) is 0 Å². The molecule has 0 heterocycles. The molecule has 29 heavy (non-hydrogen) atoms. The number of benzene rings is 3. The average molecular weight is 433 g/mol. The lowest BCUT2D eigenvalue weighted by molar-refractivity contribution is -0.114. The van der Waals surface area contributed by atoms with E-state index in [1.165, 1.54) is 42.5 Å². The summed E-state index contributed by atoms with van der Waals surface area (Å²) in [6.07, 6.45) is 0. The molecular weight excluding hydrogens is 415 g/mol. The van der Waals surface area contributed by atoms with Crippen LogP contribution >= 0.6 is 11.6 Å². The van der Waals surface area contributed by atoms with Gasteiger partial charge in [0, 0.05) is 10.7 Å². The molecule has 0 aliphatic rings. The monoisotopic (exact) mass is 432 g/mol. The summed E-state index contributed by atoms with van der Waals surface area (Å²) in [7, 11) is -4.02. The van der Waals surface area contributed by atoms with Gasteiger partial charge in [-0.3, -0.25) is 9.10 Å². The van der Waals surface area contributed by atoms with E-state index in [0.29, 0.717) is 10.7 Å². The van der Waals surface area contributed by atoms with Gasteiger partial charge in [-0.25, -0.2) is 12.8 Å². The summed E-state index contributed by atoms with van der Waals surface area (Å²) >= 11 is 6.18. The van der Waals surface area contributed by atoms with E-state index >= 15 is 0 Å². The molecule has 8 heteroatoms. The summed E-state index contributed by atoms with van der Waals surface area (Å²) in [5, 5.41) is 2.96. The van der Waals surface area contributed by atoms with Crippen molar-refractivity contribution in [2.24, 2.45) is 0 Å². The Bertz CT molecular complexity index is 1120. The molecule has 3 aromatic carbocycles. The molecule has 0 unspecified atom stereocenters. The Labute approximate surface area is 173 Å². The normalized spacial score (nSPS) is 11.1. The van der Waals surface area contributed by atoms with Crippen LogP contribution in [0.5, 0.6) is 0 Å². The Hall–Kier alpha value is -2.90. The summed E-state index contributed by atoms with van der Waals surface area (Å²) in [6.45, 7) is 1.32. The molecule has 150 valence electrons. The van der Waals surface area contributed by atoms with Crippen LogP contribution in [0.4, 0.5) is 15.8 Å². The SMILES string of the molecule is Cc1ccc(N(CC(=O)Nc2ccc(F)cc2)S(=O)(=O)c2ccccc2)cc1Cl. The number of hydrogen-bond donors (Lipinski definition) is 1.